The van der Waals surface area contributed by atoms with Gasteiger partial charge < -0.3 is 15.4 Å². The Bertz CT molecular complexity index is 153. The molecule has 1 heterocycles. The highest BCUT2D eigenvalue weighted by Crippen LogP contribution is 2.21. The Morgan fingerprint density at radius 2 is 1.93 bits per heavy atom. The molecule has 0 aromatic heterocycles. The van der Waals surface area contributed by atoms with Crippen LogP contribution >= 0.6 is 0 Å². The van der Waals surface area contributed by atoms with E-state index in [0.29, 0.717) is 18.6 Å². The summed E-state index contributed by atoms with van der Waals surface area (Å²) >= 11 is 0. The number of rotatable bonds is 4. The van der Waals surface area contributed by atoms with Gasteiger partial charge in [-0.25, -0.2) is 0 Å². The lowest BCUT2D eigenvalue weighted by Gasteiger charge is -2.36. The van der Waals surface area contributed by atoms with Crippen LogP contribution in [-0.4, -0.2) is 43.8 Å². The van der Waals surface area contributed by atoms with Crippen molar-refractivity contribution in [3.8, 4) is 0 Å². The van der Waals surface area contributed by atoms with Gasteiger partial charge in [0.05, 0.1) is 6.61 Å². The van der Waals surface area contributed by atoms with Crippen LogP contribution in [0, 0.1) is 5.92 Å². The molecule has 0 aromatic carbocycles. The van der Waals surface area contributed by atoms with Crippen LogP contribution in [0.1, 0.15) is 26.7 Å². The number of methoxy groups -OCH3 is 1. The second-order valence-electron chi connectivity index (χ2n) is 4.59. The Kier molecular flexibility index (Phi) is 4.85. The molecule has 0 aromatic rings. The zero-order chi connectivity index (χ0) is 10.6. The van der Waals surface area contributed by atoms with Crippen LogP contribution in [-0.2, 0) is 4.74 Å². The van der Waals surface area contributed by atoms with Crippen molar-refractivity contribution in [3.63, 3.8) is 0 Å². The first-order valence-corrected chi connectivity index (χ1v) is 5.63. The first-order chi connectivity index (χ1) is 6.65. The topological polar surface area (TPSA) is 38.5 Å². The Balaban J connectivity index is 2.28. The Hall–Kier alpha value is -0.120. The van der Waals surface area contributed by atoms with Gasteiger partial charge in [0.25, 0.3) is 0 Å². The van der Waals surface area contributed by atoms with E-state index in [1.807, 2.05) is 0 Å². The first-order valence-electron chi connectivity index (χ1n) is 5.63. The van der Waals surface area contributed by atoms with E-state index >= 15 is 0 Å². The smallest absolute Gasteiger partial charge is 0.0616 e. The summed E-state index contributed by atoms with van der Waals surface area (Å²) in [6.45, 7) is 7.61. The van der Waals surface area contributed by atoms with Gasteiger partial charge >= 0.3 is 0 Å². The predicted octanol–water partition coefficient (Wildman–Crippen LogP) is 1.08. The number of nitrogens with zero attached hydrogens (tertiary/aromatic N) is 1. The first kappa shape index (κ1) is 12.0. The maximum Gasteiger partial charge on any atom is 0.0616 e. The molecule has 0 amide bonds. The molecule has 0 aliphatic carbocycles. The molecule has 2 N–H and O–H groups in total. The summed E-state index contributed by atoms with van der Waals surface area (Å²) in [4.78, 5) is 2.52. The number of hydrogen-bond donors (Lipinski definition) is 1. The van der Waals surface area contributed by atoms with Gasteiger partial charge in [0.2, 0.25) is 0 Å². The number of ether oxygens (including phenoxy) is 1. The van der Waals surface area contributed by atoms with Crippen molar-refractivity contribution in [3.05, 3.63) is 0 Å². The van der Waals surface area contributed by atoms with Crippen molar-refractivity contribution < 1.29 is 4.74 Å². The molecule has 3 nitrogen and oxygen atoms in total. The Morgan fingerprint density at radius 1 is 1.36 bits per heavy atom. The van der Waals surface area contributed by atoms with Crippen LogP contribution in [0.3, 0.4) is 0 Å². The van der Waals surface area contributed by atoms with Crippen molar-refractivity contribution in [2.75, 3.05) is 26.8 Å². The monoisotopic (exact) mass is 200 g/mol. The summed E-state index contributed by atoms with van der Waals surface area (Å²) in [7, 11) is 1.73. The zero-order valence-electron chi connectivity index (χ0n) is 9.70. The summed E-state index contributed by atoms with van der Waals surface area (Å²) in [5, 5.41) is 0. The fourth-order valence-electron chi connectivity index (χ4n) is 2.19. The maximum atomic E-state index is 6.04. The lowest BCUT2D eigenvalue weighted by atomic mass is 9.90. The Morgan fingerprint density at radius 3 is 2.36 bits per heavy atom. The third-order valence-corrected chi connectivity index (χ3v) is 3.27. The maximum absolute atomic E-state index is 6.04. The van der Waals surface area contributed by atoms with Crippen LogP contribution < -0.4 is 5.73 Å². The molecular formula is C11H24N2O. The van der Waals surface area contributed by atoms with Crippen molar-refractivity contribution in [2.24, 2.45) is 11.7 Å². The quantitative estimate of drug-likeness (QED) is 0.738. The summed E-state index contributed by atoms with van der Waals surface area (Å²) in [6, 6.07) is 0.906. The Labute approximate surface area is 87.6 Å². The van der Waals surface area contributed by atoms with E-state index in [1.54, 1.807) is 7.11 Å². The van der Waals surface area contributed by atoms with Gasteiger partial charge in [-0.3, -0.25) is 0 Å². The van der Waals surface area contributed by atoms with Gasteiger partial charge in [-0.05, 0) is 45.7 Å². The number of piperidine rings is 1. The predicted molar refractivity (Wildman–Crippen MR) is 59.3 cm³/mol. The fraction of sp³-hybridized carbons (Fsp3) is 1.00. The molecule has 1 aliphatic rings. The number of likely N-dealkylation sites (tertiary alicyclic amines) is 1. The van der Waals surface area contributed by atoms with Gasteiger partial charge in [-0.2, -0.15) is 0 Å². The summed E-state index contributed by atoms with van der Waals surface area (Å²) in [6.07, 6.45) is 2.45. The highest BCUT2D eigenvalue weighted by atomic mass is 16.5. The van der Waals surface area contributed by atoms with Crippen molar-refractivity contribution in [1.82, 2.24) is 4.90 Å². The third kappa shape index (κ3) is 3.23. The zero-order valence-corrected chi connectivity index (χ0v) is 9.70. The van der Waals surface area contributed by atoms with Gasteiger partial charge in [0.15, 0.2) is 0 Å². The molecule has 1 saturated heterocycles. The highest BCUT2D eigenvalue weighted by Gasteiger charge is 2.24. The normalized spacial score (nSPS) is 22.9. The molecule has 14 heavy (non-hydrogen) atoms. The largest absolute Gasteiger partial charge is 0.383 e. The van der Waals surface area contributed by atoms with Crippen LogP contribution in [0.25, 0.3) is 0 Å². The van der Waals surface area contributed by atoms with E-state index in [0.717, 1.165) is 0 Å². The van der Waals surface area contributed by atoms with Crippen LogP contribution in [0.2, 0.25) is 0 Å². The number of hydrogen-bond acceptors (Lipinski definition) is 3. The molecule has 0 bridgehead atoms. The molecule has 1 fully saturated rings. The molecule has 1 aliphatic heterocycles. The van der Waals surface area contributed by atoms with Crippen LogP contribution in [0.15, 0.2) is 0 Å². The standard InChI is InChI=1S/C11H24N2O/c1-9(2)13-6-4-10(5-7-13)11(12)8-14-3/h9-11H,4-8,12H2,1-3H3. The van der Waals surface area contributed by atoms with E-state index in [1.165, 1.54) is 25.9 Å². The van der Waals surface area contributed by atoms with E-state index < -0.39 is 0 Å². The fourth-order valence-corrected chi connectivity index (χ4v) is 2.19. The molecular weight excluding hydrogens is 176 g/mol. The second kappa shape index (κ2) is 5.69. The van der Waals surface area contributed by atoms with E-state index in [9.17, 15) is 0 Å². The SMILES string of the molecule is COCC(N)C1CCN(C(C)C)CC1. The molecule has 0 radical (unpaired) electrons. The van der Waals surface area contributed by atoms with E-state index in [2.05, 4.69) is 18.7 Å². The van der Waals surface area contributed by atoms with E-state index in [4.69, 9.17) is 10.5 Å². The average molecular weight is 200 g/mol. The molecule has 0 saturated carbocycles. The molecule has 1 unspecified atom stereocenters. The number of nitrogens with two attached hydrogens (primary N) is 1. The molecule has 1 atom stereocenters. The van der Waals surface area contributed by atoms with Gasteiger partial charge in [-0.15, -0.1) is 0 Å². The second-order valence-corrected chi connectivity index (χ2v) is 4.59. The molecule has 1 rings (SSSR count). The summed E-state index contributed by atoms with van der Waals surface area (Å²) in [5.41, 5.74) is 6.04. The van der Waals surface area contributed by atoms with Crippen molar-refractivity contribution >= 4 is 0 Å². The third-order valence-electron chi connectivity index (χ3n) is 3.27. The highest BCUT2D eigenvalue weighted by molar-refractivity contribution is 4.80. The minimum Gasteiger partial charge on any atom is -0.383 e. The van der Waals surface area contributed by atoms with E-state index in [-0.39, 0.29) is 6.04 Å². The molecule has 3 heteroatoms. The molecule has 0 spiro atoms. The minimum atomic E-state index is 0.231. The summed E-state index contributed by atoms with van der Waals surface area (Å²) in [5.74, 6) is 0.657. The van der Waals surface area contributed by atoms with Crippen LogP contribution in [0.4, 0.5) is 0 Å². The minimum absolute atomic E-state index is 0.231. The molecule has 84 valence electrons. The van der Waals surface area contributed by atoms with Gasteiger partial charge in [-0.1, -0.05) is 0 Å². The lowest BCUT2D eigenvalue weighted by molar-refractivity contribution is 0.103. The van der Waals surface area contributed by atoms with Crippen molar-refractivity contribution in [1.29, 1.82) is 0 Å². The van der Waals surface area contributed by atoms with Crippen LogP contribution in [0.5, 0.6) is 0 Å². The van der Waals surface area contributed by atoms with Gasteiger partial charge in [0.1, 0.15) is 0 Å². The lowest BCUT2D eigenvalue weighted by Crippen LogP contribution is -2.44. The van der Waals surface area contributed by atoms with Crippen molar-refractivity contribution in [2.45, 2.75) is 38.8 Å². The average Bonchev–Trinajstić information content (AvgIpc) is 2.18. The van der Waals surface area contributed by atoms with Gasteiger partial charge in [0, 0.05) is 19.2 Å². The summed E-state index contributed by atoms with van der Waals surface area (Å²) < 4.78 is 5.09.